The van der Waals surface area contributed by atoms with Crippen LogP contribution in [0.3, 0.4) is 0 Å². The van der Waals surface area contributed by atoms with Gasteiger partial charge in [0.1, 0.15) is 0 Å². The Balaban J connectivity index is 2.79. The van der Waals surface area contributed by atoms with Crippen LogP contribution < -0.4 is 5.32 Å². The van der Waals surface area contributed by atoms with Gasteiger partial charge in [-0.15, -0.1) is 0 Å². The summed E-state index contributed by atoms with van der Waals surface area (Å²) in [6, 6.07) is 0.187. The van der Waals surface area contributed by atoms with E-state index in [-0.39, 0.29) is 11.9 Å². The third kappa shape index (κ3) is 2.97. The topological polar surface area (TPSA) is 69.7 Å². The Hall–Kier alpha value is -0.660. The number of sulfonamides is 1. The molecular weight excluding hydrogens is 242 g/mol. The van der Waals surface area contributed by atoms with Gasteiger partial charge in [-0.05, 0) is 20.4 Å². The van der Waals surface area contributed by atoms with Crippen LogP contribution in [0.4, 0.5) is 0 Å². The molecule has 0 saturated carbocycles. The summed E-state index contributed by atoms with van der Waals surface area (Å²) in [5.41, 5.74) is 0. The van der Waals surface area contributed by atoms with E-state index in [0.29, 0.717) is 13.1 Å². The molecule has 1 aliphatic heterocycles. The minimum atomic E-state index is -3.52. The third-order valence-corrected chi connectivity index (χ3v) is 5.30. The van der Waals surface area contributed by atoms with E-state index in [0.717, 1.165) is 6.42 Å². The smallest absolute Gasteiger partial charge is 0.241 e. The number of amides is 1. The normalized spacial score (nSPS) is 23.6. The SMILES string of the molecule is CNC1CCN(S(=O)(=O)C(C)C(=O)N(C)C)C1. The standard InChI is InChI=1S/C10H21N3O3S/c1-8(10(14)12(3)4)17(15,16)13-6-5-9(7-13)11-2/h8-9,11H,5-7H2,1-4H3. The van der Waals surface area contributed by atoms with Crippen molar-refractivity contribution in [3.8, 4) is 0 Å². The fourth-order valence-corrected chi connectivity index (χ4v) is 3.57. The molecule has 0 aromatic heterocycles. The number of nitrogens with one attached hydrogen (secondary N) is 1. The molecule has 0 radical (unpaired) electrons. The number of hydrogen-bond acceptors (Lipinski definition) is 4. The summed E-state index contributed by atoms with van der Waals surface area (Å²) in [5, 5.41) is 2.05. The highest BCUT2D eigenvalue weighted by molar-refractivity contribution is 7.90. The molecule has 0 aromatic carbocycles. The molecule has 0 aromatic rings. The van der Waals surface area contributed by atoms with E-state index >= 15 is 0 Å². The highest BCUT2D eigenvalue weighted by atomic mass is 32.2. The second kappa shape index (κ2) is 5.32. The van der Waals surface area contributed by atoms with Gasteiger partial charge in [0.2, 0.25) is 15.9 Å². The zero-order valence-corrected chi connectivity index (χ0v) is 11.6. The average molecular weight is 263 g/mol. The van der Waals surface area contributed by atoms with Gasteiger partial charge >= 0.3 is 0 Å². The molecule has 1 aliphatic rings. The van der Waals surface area contributed by atoms with E-state index in [4.69, 9.17) is 0 Å². The number of carbonyl (C=O) groups is 1. The molecule has 0 bridgehead atoms. The summed E-state index contributed by atoms with van der Waals surface area (Å²) in [6.45, 7) is 2.38. The molecule has 2 unspecified atom stereocenters. The number of likely N-dealkylation sites (N-methyl/N-ethyl adjacent to an activating group) is 1. The number of carbonyl (C=O) groups excluding carboxylic acids is 1. The lowest BCUT2D eigenvalue weighted by Gasteiger charge is -2.23. The molecular formula is C10H21N3O3S. The Kier molecular flexibility index (Phi) is 4.51. The summed E-state index contributed by atoms with van der Waals surface area (Å²) in [5.74, 6) is -0.377. The van der Waals surface area contributed by atoms with Gasteiger partial charge in [0.25, 0.3) is 0 Å². The molecule has 2 atom stereocenters. The predicted octanol–water partition coefficient (Wildman–Crippen LogP) is -0.913. The van der Waals surface area contributed by atoms with Crippen LogP contribution in [0.15, 0.2) is 0 Å². The zero-order valence-electron chi connectivity index (χ0n) is 10.8. The largest absolute Gasteiger partial charge is 0.348 e. The van der Waals surface area contributed by atoms with Crippen LogP contribution in [0, 0.1) is 0 Å². The van der Waals surface area contributed by atoms with E-state index in [2.05, 4.69) is 5.32 Å². The van der Waals surface area contributed by atoms with Gasteiger partial charge in [-0.1, -0.05) is 0 Å². The minimum absolute atomic E-state index is 0.187. The average Bonchev–Trinajstić information content (AvgIpc) is 2.75. The second-order valence-corrected chi connectivity index (χ2v) is 6.81. The Morgan fingerprint density at radius 2 is 2.06 bits per heavy atom. The minimum Gasteiger partial charge on any atom is -0.348 e. The van der Waals surface area contributed by atoms with E-state index in [1.54, 1.807) is 14.1 Å². The molecule has 1 fully saturated rings. The molecule has 0 spiro atoms. The Labute approximate surface area is 103 Å². The highest BCUT2D eigenvalue weighted by Crippen LogP contribution is 2.18. The molecule has 1 saturated heterocycles. The highest BCUT2D eigenvalue weighted by Gasteiger charge is 2.38. The fourth-order valence-electron chi connectivity index (χ4n) is 1.91. The van der Waals surface area contributed by atoms with Crippen LogP contribution in [0.5, 0.6) is 0 Å². The molecule has 100 valence electrons. The van der Waals surface area contributed by atoms with Crippen molar-refractivity contribution in [1.82, 2.24) is 14.5 Å². The predicted molar refractivity (Wildman–Crippen MR) is 66.1 cm³/mol. The number of rotatable bonds is 4. The van der Waals surface area contributed by atoms with Gasteiger partial charge in [-0.25, -0.2) is 8.42 Å². The van der Waals surface area contributed by atoms with Crippen LogP contribution >= 0.6 is 0 Å². The summed E-state index contributed by atoms with van der Waals surface area (Å²) in [6.07, 6.45) is 0.790. The maximum absolute atomic E-state index is 12.2. The lowest BCUT2D eigenvalue weighted by Crippen LogP contribution is -2.45. The molecule has 1 amide bonds. The maximum atomic E-state index is 12.2. The van der Waals surface area contributed by atoms with Crippen molar-refractivity contribution in [1.29, 1.82) is 0 Å². The van der Waals surface area contributed by atoms with Crippen LogP contribution in [0.2, 0.25) is 0 Å². The molecule has 17 heavy (non-hydrogen) atoms. The molecule has 7 heteroatoms. The Bertz CT molecular complexity index is 380. The summed E-state index contributed by atoms with van der Waals surface area (Å²) < 4.78 is 25.8. The summed E-state index contributed by atoms with van der Waals surface area (Å²) >= 11 is 0. The van der Waals surface area contributed by atoms with Crippen molar-refractivity contribution < 1.29 is 13.2 Å². The number of nitrogens with zero attached hydrogens (tertiary/aromatic N) is 2. The molecule has 6 nitrogen and oxygen atoms in total. The van der Waals surface area contributed by atoms with E-state index in [1.165, 1.54) is 16.1 Å². The number of hydrogen-bond donors (Lipinski definition) is 1. The van der Waals surface area contributed by atoms with Crippen LogP contribution in [0.1, 0.15) is 13.3 Å². The Morgan fingerprint density at radius 3 is 2.47 bits per heavy atom. The summed E-state index contributed by atoms with van der Waals surface area (Å²) in [7, 11) is 1.42. The first-order valence-electron chi connectivity index (χ1n) is 5.68. The molecule has 1 heterocycles. The van der Waals surface area contributed by atoms with Gasteiger partial charge in [0, 0.05) is 33.2 Å². The first kappa shape index (κ1) is 14.4. The fraction of sp³-hybridized carbons (Fsp3) is 0.900. The first-order valence-corrected chi connectivity index (χ1v) is 7.18. The van der Waals surface area contributed by atoms with Gasteiger partial charge in [-0.3, -0.25) is 4.79 Å². The van der Waals surface area contributed by atoms with Gasteiger partial charge in [0.15, 0.2) is 5.25 Å². The molecule has 1 N–H and O–H groups in total. The lowest BCUT2D eigenvalue weighted by atomic mass is 10.3. The van der Waals surface area contributed by atoms with Crippen molar-refractivity contribution in [2.75, 3.05) is 34.2 Å². The van der Waals surface area contributed by atoms with Gasteiger partial charge in [0.05, 0.1) is 0 Å². The first-order chi connectivity index (χ1) is 7.80. The quantitative estimate of drug-likeness (QED) is 0.713. The van der Waals surface area contributed by atoms with Crippen LogP contribution in [0.25, 0.3) is 0 Å². The van der Waals surface area contributed by atoms with Gasteiger partial charge < -0.3 is 10.2 Å². The Morgan fingerprint density at radius 1 is 1.47 bits per heavy atom. The summed E-state index contributed by atoms with van der Waals surface area (Å²) in [4.78, 5) is 13.0. The van der Waals surface area contributed by atoms with Gasteiger partial charge in [-0.2, -0.15) is 4.31 Å². The van der Waals surface area contributed by atoms with Crippen molar-refractivity contribution in [2.24, 2.45) is 0 Å². The lowest BCUT2D eigenvalue weighted by molar-refractivity contribution is -0.128. The van der Waals surface area contributed by atoms with E-state index in [9.17, 15) is 13.2 Å². The zero-order chi connectivity index (χ0) is 13.2. The third-order valence-electron chi connectivity index (χ3n) is 3.15. The van der Waals surface area contributed by atoms with Crippen molar-refractivity contribution in [2.45, 2.75) is 24.6 Å². The molecule has 0 aliphatic carbocycles. The van der Waals surface area contributed by atoms with E-state index in [1.807, 2.05) is 7.05 Å². The van der Waals surface area contributed by atoms with Crippen LogP contribution in [-0.4, -0.2) is 69.1 Å². The second-order valence-electron chi connectivity index (χ2n) is 4.55. The van der Waals surface area contributed by atoms with Crippen molar-refractivity contribution in [3.63, 3.8) is 0 Å². The van der Waals surface area contributed by atoms with Crippen molar-refractivity contribution in [3.05, 3.63) is 0 Å². The maximum Gasteiger partial charge on any atom is 0.241 e. The molecule has 1 rings (SSSR count). The monoisotopic (exact) mass is 263 g/mol. The van der Waals surface area contributed by atoms with Crippen molar-refractivity contribution >= 4 is 15.9 Å². The van der Waals surface area contributed by atoms with E-state index < -0.39 is 15.3 Å². The van der Waals surface area contributed by atoms with Crippen LogP contribution in [-0.2, 0) is 14.8 Å².